The van der Waals surface area contributed by atoms with Crippen molar-refractivity contribution in [2.45, 2.75) is 11.1 Å². The standard InChI is InChI=1S/C14H13N3O4S2/c1-9-15-16-14(21-9)12-7-8-13(22-12)23(18,19)17-10-3-5-11(20-2)6-4-10/h3-8,17H,1-2H3. The molecule has 1 aromatic carbocycles. The highest BCUT2D eigenvalue weighted by atomic mass is 32.2. The van der Waals surface area contributed by atoms with E-state index < -0.39 is 10.0 Å². The molecule has 1 N–H and O–H groups in total. The van der Waals surface area contributed by atoms with Crippen LogP contribution in [0.3, 0.4) is 0 Å². The molecule has 23 heavy (non-hydrogen) atoms. The van der Waals surface area contributed by atoms with Gasteiger partial charge in [0.15, 0.2) is 0 Å². The van der Waals surface area contributed by atoms with Gasteiger partial charge in [0.2, 0.25) is 5.89 Å². The van der Waals surface area contributed by atoms with Gasteiger partial charge in [0.25, 0.3) is 15.9 Å². The quantitative estimate of drug-likeness (QED) is 0.759. The number of nitrogens with one attached hydrogen (secondary N) is 1. The van der Waals surface area contributed by atoms with Crippen LogP contribution in [-0.4, -0.2) is 25.7 Å². The highest BCUT2D eigenvalue weighted by molar-refractivity contribution is 7.94. The summed E-state index contributed by atoms with van der Waals surface area (Å²) in [6.45, 7) is 1.67. The van der Waals surface area contributed by atoms with E-state index in [0.29, 0.717) is 28.1 Å². The predicted octanol–water partition coefficient (Wildman–Crippen LogP) is 2.92. The summed E-state index contributed by atoms with van der Waals surface area (Å²) in [4.78, 5) is 0.598. The van der Waals surface area contributed by atoms with Gasteiger partial charge in [-0.05, 0) is 36.4 Å². The maximum atomic E-state index is 12.4. The van der Waals surface area contributed by atoms with E-state index in [4.69, 9.17) is 9.15 Å². The van der Waals surface area contributed by atoms with Crippen LogP contribution in [0.15, 0.2) is 45.0 Å². The first kappa shape index (κ1) is 15.5. The second-order valence-electron chi connectivity index (χ2n) is 4.58. The van der Waals surface area contributed by atoms with Gasteiger partial charge in [0.1, 0.15) is 9.96 Å². The van der Waals surface area contributed by atoms with Crippen LogP contribution in [0.1, 0.15) is 5.89 Å². The lowest BCUT2D eigenvalue weighted by atomic mass is 10.3. The van der Waals surface area contributed by atoms with E-state index in [0.717, 1.165) is 11.3 Å². The molecule has 2 aromatic heterocycles. The van der Waals surface area contributed by atoms with Gasteiger partial charge in [0, 0.05) is 12.6 Å². The van der Waals surface area contributed by atoms with Crippen LogP contribution in [0.25, 0.3) is 10.8 Å². The molecule has 0 amide bonds. The van der Waals surface area contributed by atoms with Crippen LogP contribution < -0.4 is 9.46 Å². The van der Waals surface area contributed by atoms with Gasteiger partial charge in [-0.2, -0.15) is 0 Å². The zero-order valence-corrected chi connectivity index (χ0v) is 13.9. The third-order valence-electron chi connectivity index (χ3n) is 2.93. The molecule has 0 aliphatic rings. The molecule has 0 radical (unpaired) electrons. The van der Waals surface area contributed by atoms with Crippen molar-refractivity contribution in [2.24, 2.45) is 0 Å². The Morgan fingerprint density at radius 2 is 1.87 bits per heavy atom. The minimum atomic E-state index is -3.68. The lowest BCUT2D eigenvalue weighted by molar-refractivity contribution is 0.415. The van der Waals surface area contributed by atoms with Gasteiger partial charge in [0.05, 0.1) is 12.0 Å². The first-order valence-corrected chi connectivity index (χ1v) is 8.85. The monoisotopic (exact) mass is 351 g/mol. The second-order valence-corrected chi connectivity index (χ2v) is 7.57. The van der Waals surface area contributed by atoms with E-state index >= 15 is 0 Å². The third kappa shape index (κ3) is 3.35. The zero-order valence-electron chi connectivity index (χ0n) is 12.3. The number of methoxy groups -OCH3 is 1. The lowest BCUT2D eigenvalue weighted by Gasteiger charge is -2.06. The van der Waals surface area contributed by atoms with Gasteiger partial charge >= 0.3 is 0 Å². The smallest absolute Gasteiger partial charge is 0.271 e. The first-order chi connectivity index (χ1) is 11.0. The fourth-order valence-corrected chi connectivity index (χ4v) is 4.13. The Morgan fingerprint density at radius 3 is 2.48 bits per heavy atom. The molecule has 3 aromatic rings. The van der Waals surface area contributed by atoms with Gasteiger partial charge in [-0.15, -0.1) is 21.5 Å². The summed E-state index contributed by atoms with van der Waals surface area (Å²) in [6.07, 6.45) is 0. The summed E-state index contributed by atoms with van der Waals surface area (Å²) in [7, 11) is -2.13. The summed E-state index contributed by atoms with van der Waals surface area (Å²) in [5.74, 6) is 1.38. The van der Waals surface area contributed by atoms with Crippen molar-refractivity contribution >= 4 is 27.0 Å². The predicted molar refractivity (Wildman–Crippen MR) is 86.2 cm³/mol. The Balaban J connectivity index is 1.83. The van der Waals surface area contributed by atoms with Gasteiger partial charge in [-0.1, -0.05) is 0 Å². The largest absolute Gasteiger partial charge is 0.497 e. The molecule has 7 nitrogen and oxygen atoms in total. The number of anilines is 1. The lowest BCUT2D eigenvalue weighted by Crippen LogP contribution is -2.11. The molecule has 9 heteroatoms. The van der Waals surface area contributed by atoms with Crippen LogP contribution >= 0.6 is 11.3 Å². The fourth-order valence-electron chi connectivity index (χ4n) is 1.84. The molecule has 0 fully saturated rings. The van der Waals surface area contributed by atoms with Gasteiger partial charge < -0.3 is 9.15 Å². The number of rotatable bonds is 5. The first-order valence-electron chi connectivity index (χ1n) is 6.55. The average molecular weight is 351 g/mol. The molecule has 0 saturated carbocycles. The Kier molecular flexibility index (Phi) is 4.05. The number of ether oxygens (including phenoxy) is 1. The van der Waals surface area contributed by atoms with Gasteiger partial charge in [-0.25, -0.2) is 8.42 Å². The number of thiophene rings is 1. The molecule has 0 bridgehead atoms. The van der Waals surface area contributed by atoms with Crippen LogP contribution in [0.2, 0.25) is 0 Å². The van der Waals surface area contributed by atoms with E-state index in [2.05, 4.69) is 14.9 Å². The third-order valence-corrected chi connectivity index (χ3v) is 5.87. The second kappa shape index (κ2) is 6.01. The molecule has 0 unspecified atom stereocenters. The van der Waals surface area contributed by atoms with E-state index in [1.54, 1.807) is 44.4 Å². The molecule has 0 aliphatic heterocycles. The SMILES string of the molecule is COc1ccc(NS(=O)(=O)c2ccc(-c3nnc(C)o3)s2)cc1. The molecule has 2 heterocycles. The Bertz CT molecular complexity index is 914. The molecule has 0 spiro atoms. The summed E-state index contributed by atoms with van der Waals surface area (Å²) in [5.41, 5.74) is 0.453. The van der Waals surface area contributed by atoms with Crippen LogP contribution in [0, 0.1) is 6.92 Å². The number of sulfonamides is 1. The average Bonchev–Trinajstić information content (AvgIpc) is 3.16. The maximum Gasteiger partial charge on any atom is 0.271 e. The summed E-state index contributed by atoms with van der Waals surface area (Å²) >= 11 is 1.06. The molecule has 0 aliphatic carbocycles. The summed E-state index contributed by atoms with van der Waals surface area (Å²) < 4.78 is 37.8. The molecule has 120 valence electrons. The summed E-state index contributed by atoms with van der Waals surface area (Å²) in [5, 5.41) is 7.61. The van der Waals surface area contributed by atoms with Crippen LogP contribution in [0.5, 0.6) is 5.75 Å². The highest BCUT2D eigenvalue weighted by Gasteiger charge is 2.19. The minimum Gasteiger partial charge on any atom is -0.497 e. The number of hydrogen-bond acceptors (Lipinski definition) is 7. The Labute approximate surface area is 137 Å². The van der Waals surface area contributed by atoms with E-state index in [1.807, 2.05) is 0 Å². The van der Waals surface area contributed by atoms with E-state index in [1.165, 1.54) is 6.07 Å². The number of hydrogen-bond donors (Lipinski definition) is 1. The van der Waals surface area contributed by atoms with Crippen molar-refractivity contribution in [1.29, 1.82) is 0 Å². The van der Waals surface area contributed by atoms with Crippen molar-refractivity contribution in [3.8, 4) is 16.5 Å². The normalized spacial score (nSPS) is 11.4. The van der Waals surface area contributed by atoms with Crippen molar-refractivity contribution in [3.05, 3.63) is 42.3 Å². The topological polar surface area (TPSA) is 94.3 Å². The van der Waals surface area contributed by atoms with Gasteiger partial charge in [-0.3, -0.25) is 4.72 Å². The Morgan fingerprint density at radius 1 is 1.13 bits per heavy atom. The van der Waals surface area contributed by atoms with E-state index in [-0.39, 0.29) is 4.21 Å². The minimum absolute atomic E-state index is 0.166. The van der Waals surface area contributed by atoms with Crippen molar-refractivity contribution in [2.75, 3.05) is 11.8 Å². The molecule has 0 saturated heterocycles. The van der Waals surface area contributed by atoms with Crippen LogP contribution in [0.4, 0.5) is 5.69 Å². The van der Waals surface area contributed by atoms with Crippen LogP contribution in [-0.2, 0) is 10.0 Å². The molecular formula is C14H13N3O4S2. The molecule has 0 atom stereocenters. The Hall–Kier alpha value is -2.39. The van der Waals surface area contributed by atoms with Crippen molar-refractivity contribution in [3.63, 3.8) is 0 Å². The number of nitrogens with zero attached hydrogens (tertiary/aromatic N) is 2. The summed E-state index contributed by atoms with van der Waals surface area (Å²) in [6, 6.07) is 9.77. The molecule has 3 rings (SSSR count). The molecular weight excluding hydrogens is 338 g/mol. The fraction of sp³-hybridized carbons (Fsp3) is 0.143. The van der Waals surface area contributed by atoms with Crippen molar-refractivity contribution < 1.29 is 17.6 Å². The maximum absolute atomic E-state index is 12.4. The number of aromatic nitrogens is 2. The number of benzene rings is 1. The highest BCUT2D eigenvalue weighted by Crippen LogP contribution is 2.31. The van der Waals surface area contributed by atoms with E-state index in [9.17, 15) is 8.42 Å². The number of aryl methyl sites for hydroxylation is 1. The zero-order chi connectivity index (χ0) is 16.4. The van der Waals surface area contributed by atoms with Crippen molar-refractivity contribution in [1.82, 2.24) is 10.2 Å².